The first-order valence-corrected chi connectivity index (χ1v) is 11.8. The minimum Gasteiger partial charge on any atom is -0.441 e. The molecule has 2 fully saturated rings. The Morgan fingerprint density at radius 2 is 2.19 bits per heavy atom. The molecule has 1 saturated heterocycles. The van der Waals surface area contributed by atoms with Gasteiger partial charge in [0.1, 0.15) is 17.8 Å². The van der Waals surface area contributed by atoms with Crippen LogP contribution < -0.4 is 16.0 Å². The lowest BCUT2D eigenvalue weighted by molar-refractivity contribution is -0.0146. The van der Waals surface area contributed by atoms with E-state index in [0.29, 0.717) is 47.5 Å². The molecule has 5 rings (SSSR count). The van der Waals surface area contributed by atoms with E-state index in [4.69, 9.17) is 10.00 Å². The number of hydrogen-bond donors (Lipinski definition) is 4. The number of alkyl halides is 1. The Balaban J connectivity index is 1.42. The van der Waals surface area contributed by atoms with Crippen molar-refractivity contribution < 1.29 is 23.8 Å². The van der Waals surface area contributed by atoms with E-state index in [0.717, 1.165) is 0 Å². The summed E-state index contributed by atoms with van der Waals surface area (Å²) in [5, 5.41) is 31.8. The molecule has 0 bridgehead atoms. The van der Waals surface area contributed by atoms with Crippen LogP contribution in [0.2, 0.25) is 0 Å². The maximum Gasteiger partial charge on any atom is 0.407 e. The summed E-state index contributed by atoms with van der Waals surface area (Å²) in [5.74, 6) is -0.548. The molecule has 1 aliphatic heterocycles. The van der Waals surface area contributed by atoms with Gasteiger partial charge < -0.3 is 25.8 Å². The van der Waals surface area contributed by atoms with Crippen LogP contribution in [0.4, 0.5) is 14.9 Å². The lowest BCUT2D eigenvalue weighted by atomic mass is 9.75. The second-order valence-corrected chi connectivity index (χ2v) is 10.0. The predicted octanol–water partition coefficient (Wildman–Crippen LogP) is 2.16. The highest BCUT2D eigenvalue weighted by Gasteiger charge is 2.51. The van der Waals surface area contributed by atoms with Gasteiger partial charge in [-0.1, -0.05) is 0 Å². The molecule has 0 unspecified atom stereocenters. The largest absolute Gasteiger partial charge is 0.441 e. The first kappa shape index (κ1) is 24.5. The molecule has 3 aromatic heterocycles. The van der Waals surface area contributed by atoms with Gasteiger partial charge in [0, 0.05) is 25.1 Å². The molecule has 37 heavy (non-hydrogen) atoms. The summed E-state index contributed by atoms with van der Waals surface area (Å²) in [6.45, 7) is 2.73. The first-order valence-electron chi connectivity index (χ1n) is 11.8. The van der Waals surface area contributed by atoms with Gasteiger partial charge in [-0.15, -0.1) is 0 Å². The van der Waals surface area contributed by atoms with E-state index >= 15 is 0 Å². The monoisotopic (exact) mass is 507 g/mol. The molecule has 12 heteroatoms. The van der Waals surface area contributed by atoms with Crippen molar-refractivity contribution >= 4 is 23.2 Å². The van der Waals surface area contributed by atoms with Crippen molar-refractivity contribution in [3.05, 3.63) is 47.8 Å². The average Bonchev–Trinajstić information content (AvgIpc) is 3.44. The molecule has 1 atom stereocenters. The summed E-state index contributed by atoms with van der Waals surface area (Å²) in [6.07, 6.45) is 1.87. The highest BCUT2D eigenvalue weighted by molar-refractivity contribution is 6.00. The highest BCUT2D eigenvalue weighted by Crippen LogP contribution is 2.40. The number of amides is 2. The third kappa shape index (κ3) is 4.77. The van der Waals surface area contributed by atoms with E-state index in [1.165, 1.54) is 26.2 Å². The Morgan fingerprint density at radius 1 is 1.41 bits per heavy atom. The quantitative estimate of drug-likeness (QED) is 0.379. The van der Waals surface area contributed by atoms with Crippen LogP contribution in [0.5, 0.6) is 0 Å². The lowest BCUT2D eigenvalue weighted by Gasteiger charge is -2.43. The maximum absolute atomic E-state index is 14.2. The number of rotatable bonds is 7. The van der Waals surface area contributed by atoms with Crippen LogP contribution in [0.1, 0.15) is 42.6 Å². The topological polar surface area (TPSA) is 154 Å². The molecule has 1 aliphatic carbocycles. The Hall–Kier alpha value is -4.24. The van der Waals surface area contributed by atoms with Gasteiger partial charge >= 0.3 is 6.09 Å². The number of nitrogens with one attached hydrogen (secondary N) is 3. The van der Waals surface area contributed by atoms with E-state index in [1.54, 1.807) is 16.6 Å². The van der Waals surface area contributed by atoms with Gasteiger partial charge in [0.25, 0.3) is 5.91 Å². The van der Waals surface area contributed by atoms with Crippen LogP contribution in [0.25, 0.3) is 16.9 Å². The molecule has 3 aromatic rings. The van der Waals surface area contributed by atoms with E-state index in [1.807, 2.05) is 12.1 Å². The predicted molar refractivity (Wildman–Crippen MR) is 131 cm³/mol. The van der Waals surface area contributed by atoms with Gasteiger partial charge in [0.2, 0.25) is 0 Å². The Morgan fingerprint density at radius 3 is 2.86 bits per heavy atom. The van der Waals surface area contributed by atoms with E-state index in [2.05, 4.69) is 32.1 Å². The SMILES string of the molecule is CC(C)(O)[C@H](F)CNC(=O)c1cnc(-c2ccc3cc(C#N)cnn23)cc1NC1CC2(CNC(=O)O2)C1. The Bertz CT molecular complexity index is 1420. The molecule has 4 heterocycles. The molecule has 11 nitrogen and oxygen atoms in total. The molecule has 1 saturated carbocycles. The van der Waals surface area contributed by atoms with Gasteiger partial charge in [-0.05, 0) is 38.1 Å². The second-order valence-electron chi connectivity index (χ2n) is 10.0. The van der Waals surface area contributed by atoms with Crippen LogP contribution in [-0.4, -0.2) is 68.2 Å². The molecule has 2 amide bonds. The molecule has 2 aliphatic rings. The number of carbonyl (C=O) groups excluding carboxylic acids is 2. The molecular formula is C25H26FN7O4. The summed E-state index contributed by atoms with van der Waals surface area (Å²) >= 11 is 0. The Labute approximate surface area is 211 Å². The second kappa shape index (κ2) is 9.01. The smallest absolute Gasteiger partial charge is 0.407 e. The summed E-state index contributed by atoms with van der Waals surface area (Å²) in [4.78, 5) is 28.9. The van der Waals surface area contributed by atoms with Crippen molar-refractivity contribution in [2.45, 2.75) is 50.1 Å². The Kier molecular flexibility index (Phi) is 5.95. The van der Waals surface area contributed by atoms with Crippen molar-refractivity contribution in [2.24, 2.45) is 0 Å². The van der Waals surface area contributed by atoms with Crippen LogP contribution in [-0.2, 0) is 4.74 Å². The van der Waals surface area contributed by atoms with E-state index < -0.39 is 29.4 Å². The van der Waals surface area contributed by atoms with Crippen LogP contribution in [0.15, 0.2) is 36.7 Å². The number of halogens is 1. The van der Waals surface area contributed by atoms with Crippen molar-refractivity contribution in [2.75, 3.05) is 18.4 Å². The van der Waals surface area contributed by atoms with Gasteiger partial charge in [-0.25, -0.2) is 13.7 Å². The van der Waals surface area contributed by atoms with Crippen molar-refractivity contribution in [1.29, 1.82) is 5.26 Å². The van der Waals surface area contributed by atoms with Gasteiger partial charge in [-0.3, -0.25) is 9.78 Å². The molecule has 1 spiro atoms. The number of carbonyl (C=O) groups is 2. The molecular weight excluding hydrogens is 481 g/mol. The third-order valence-electron chi connectivity index (χ3n) is 6.71. The summed E-state index contributed by atoms with van der Waals surface area (Å²) in [5.41, 5.74) is 0.844. The van der Waals surface area contributed by atoms with Crippen LogP contribution in [0.3, 0.4) is 0 Å². The van der Waals surface area contributed by atoms with Gasteiger partial charge in [-0.2, -0.15) is 10.4 Å². The lowest BCUT2D eigenvalue weighted by Crippen LogP contribution is -2.53. The van der Waals surface area contributed by atoms with Crippen molar-refractivity contribution in [3.8, 4) is 17.5 Å². The maximum atomic E-state index is 14.2. The molecule has 0 aromatic carbocycles. The van der Waals surface area contributed by atoms with E-state index in [9.17, 15) is 19.1 Å². The fourth-order valence-electron chi connectivity index (χ4n) is 4.57. The standard InChI is InChI=1S/C25H26FN7O4/c1-24(2,36)21(26)12-29-22(34)17-11-28-19(20-4-3-16-5-14(9-27)10-31-33(16)20)6-18(17)32-15-7-25(8-15)13-30-23(35)37-25/h3-6,10-11,15,21,36H,7-8,12-13H2,1-2H3,(H,28,32)(H,29,34)(H,30,35)/t15?,21-,25?/m1/s1. The number of aliphatic hydroxyl groups is 1. The molecule has 0 radical (unpaired) electrons. The van der Waals surface area contributed by atoms with Gasteiger partial charge in [0.05, 0.1) is 58.6 Å². The minimum absolute atomic E-state index is 0.0693. The normalized spacial score (nSPS) is 21.6. The summed E-state index contributed by atoms with van der Waals surface area (Å²) < 4.78 is 21.3. The molecule has 4 N–H and O–H groups in total. The molecule has 192 valence electrons. The van der Waals surface area contributed by atoms with E-state index in [-0.39, 0.29) is 18.2 Å². The number of ether oxygens (including phenoxy) is 1. The fourth-order valence-corrected chi connectivity index (χ4v) is 4.57. The zero-order valence-electron chi connectivity index (χ0n) is 20.3. The number of alkyl carbamates (subject to hydrolysis) is 1. The van der Waals surface area contributed by atoms with Crippen molar-refractivity contribution in [3.63, 3.8) is 0 Å². The third-order valence-corrected chi connectivity index (χ3v) is 6.71. The minimum atomic E-state index is -1.66. The highest BCUT2D eigenvalue weighted by atomic mass is 19.1. The number of hydrogen-bond acceptors (Lipinski definition) is 8. The summed E-state index contributed by atoms with van der Waals surface area (Å²) in [6, 6.07) is 9.04. The number of nitrogens with zero attached hydrogens (tertiary/aromatic N) is 4. The number of pyridine rings is 1. The average molecular weight is 508 g/mol. The zero-order chi connectivity index (χ0) is 26.4. The number of nitriles is 1. The summed E-state index contributed by atoms with van der Waals surface area (Å²) in [7, 11) is 0. The van der Waals surface area contributed by atoms with Crippen LogP contribution in [0, 0.1) is 11.3 Å². The number of fused-ring (bicyclic) bond motifs is 1. The van der Waals surface area contributed by atoms with Crippen molar-refractivity contribution in [1.82, 2.24) is 25.2 Å². The number of aromatic nitrogens is 3. The van der Waals surface area contributed by atoms with Crippen LogP contribution >= 0.6 is 0 Å². The van der Waals surface area contributed by atoms with Gasteiger partial charge in [0.15, 0.2) is 0 Å². The fraction of sp³-hybridized carbons (Fsp3) is 0.400. The zero-order valence-corrected chi connectivity index (χ0v) is 20.3. The first-order chi connectivity index (χ1) is 17.6. The number of anilines is 1.